The molecule has 33 heavy (non-hydrogen) atoms. The summed E-state index contributed by atoms with van der Waals surface area (Å²) in [6.07, 6.45) is 10.4. The molecule has 0 spiro atoms. The van der Waals surface area contributed by atoms with Gasteiger partial charge >= 0.3 is 0 Å². The summed E-state index contributed by atoms with van der Waals surface area (Å²) in [6.45, 7) is 7.56. The summed E-state index contributed by atoms with van der Waals surface area (Å²) in [6, 6.07) is 10.4. The average molecular weight is 461 g/mol. The molecule has 1 N–H and O–H groups in total. The van der Waals surface area contributed by atoms with Crippen molar-refractivity contribution in [3.05, 3.63) is 53.9 Å². The molecule has 5 nitrogen and oxygen atoms in total. The molecule has 1 aromatic carbocycles. The fourth-order valence-corrected chi connectivity index (χ4v) is 3.01. The van der Waals surface area contributed by atoms with E-state index in [1.54, 1.807) is 0 Å². The first-order valence-corrected chi connectivity index (χ1v) is 11.9. The number of aromatic nitrogens is 1. The summed E-state index contributed by atoms with van der Waals surface area (Å²) in [5, 5.41) is 0. The van der Waals surface area contributed by atoms with Crippen LogP contribution in [-0.2, 0) is 7.05 Å². The Morgan fingerprint density at radius 2 is 1.42 bits per heavy atom. The van der Waals surface area contributed by atoms with E-state index in [0.29, 0.717) is 13.2 Å². The van der Waals surface area contributed by atoms with Crippen molar-refractivity contribution in [2.24, 2.45) is 7.05 Å². The monoisotopic (exact) mass is 460 g/mol. The zero-order chi connectivity index (χ0) is 24.0. The van der Waals surface area contributed by atoms with Gasteiger partial charge in [-0.15, -0.1) is 0 Å². The van der Waals surface area contributed by atoms with Gasteiger partial charge < -0.3 is 18.9 Å². The van der Waals surface area contributed by atoms with Crippen molar-refractivity contribution in [1.29, 1.82) is 0 Å². The van der Waals surface area contributed by atoms with Crippen LogP contribution in [0.25, 0.3) is 12.2 Å². The highest BCUT2D eigenvalue weighted by atomic mass is 16.5. The molecule has 0 aliphatic rings. The van der Waals surface area contributed by atoms with Crippen LogP contribution in [0, 0.1) is 0 Å². The standard InChI is InChI=1S/C25H39N3O2.C2H6.CH4/c1-26(2)15-7-19-30-25-21-23(10-9-22-13-16-27(3)17-14-22)11-12-24(25)29-20-8-18-28(4,5)6;1-2;/h9-14,16-17,21H,7-8,15,18-20H2,1-6H3;1-2H3;1H4/q+2;;/p+1/b10-9+;;. The third-order valence-corrected chi connectivity index (χ3v) is 4.75. The second-order valence-corrected chi connectivity index (χ2v) is 9.21. The van der Waals surface area contributed by atoms with Gasteiger partial charge in [-0.2, -0.15) is 0 Å². The van der Waals surface area contributed by atoms with E-state index < -0.39 is 0 Å². The number of aryl methyl sites for hydroxylation is 1. The van der Waals surface area contributed by atoms with Crippen molar-refractivity contribution in [3.63, 3.8) is 0 Å². The smallest absolute Gasteiger partial charge is 0.169 e. The van der Waals surface area contributed by atoms with Crippen LogP contribution in [-0.4, -0.2) is 66.0 Å². The normalized spacial score (nSPS) is 11.1. The van der Waals surface area contributed by atoms with Gasteiger partial charge in [0, 0.05) is 25.0 Å². The van der Waals surface area contributed by atoms with Crippen molar-refractivity contribution >= 4 is 12.2 Å². The Bertz CT molecular complexity index is 794. The maximum Gasteiger partial charge on any atom is 0.169 e. The quantitative estimate of drug-likeness (QED) is 0.297. The van der Waals surface area contributed by atoms with E-state index in [2.05, 4.69) is 71.7 Å². The zero-order valence-corrected chi connectivity index (χ0v) is 21.6. The summed E-state index contributed by atoms with van der Waals surface area (Å²) >= 11 is 0. The molecule has 0 amide bonds. The number of hydrogen-bond acceptors (Lipinski definition) is 2. The van der Waals surface area contributed by atoms with Crippen LogP contribution in [0.2, 0.25) is 0 Å². The van der Waals surface area contributed by atoms with Crippen molar-refractivity contribution in [1.82, 2.24) is 0 Å². The minimum absolute atomic E-state index is 0. The Balaban J connectivity index is 0.00000332. The molecule has 2 aromatic rings. The molecule has 1 heterocycles. The number of hydrogen-bond donors (Lipinski definition) is 1. The Labute approximate surface area is 203 Å². The molecule has 186 valence electrons. The predicted molar refractivity (Wildman–Crippen MR) is 142 cm³/mol. The highest BCUT2D eigenvalue weighted by Gasteiger charge is 2.10. The number of nitrogens with zero attached hydrogens (tertiary/aromatic N) is 2. The van der Waals surface area contributed by atoms with Crippen LogP contribution in [0.1, 0.15) is 45.2 Å². The summed E-state index contributed by atoms with van der Waals surface area (Å²) in [7, 11) is 13.0. The third-order valence-electron chi connectivity index (χ3n) is 4.75. The number of benzene rings is 1. The van der Waals surface area contributed by atoms with E-state index in [0.717, 1.165) is 47.5 Å². The number of ether oxygens (including phenoxy) is 2. The summed E-state index contributed by atoms with van der Waals surface area (Å²) in [4.78, 5) is 1.43. The van der Waals surface area contributed by atoms with Gasteiger partial charge in [0.1, 0.15) is 7.05 Å². The maximum absolute atomic E-state index is 6.11. The van der Waals surface area contributed by atoms with Crippen LogP contribution in [0.3, 0.4) is 0 Å². The molecule has 1 aromatic heterocycles. The predicted octanol–water partition coefficient (Wildman–Crippen LogP) is 3.73. The Hall–Kier alpha value is -2.37. The highest BCUT2D eigenvalue weighted by Crippen LogP contribution is 2.29. The van der Waals surface area contributed by atoms with Gasteiger partial charge in [0.05, 0.1) is 61.5 Å². The van der Waals surface area contributed by atoms with Gasteiger partial charge in [-0.05, 0) is 23.3 Å². The van der Waals surface area contributed by atoms with Crippen molar-refractivity contribution < 1.29 is 23.4 Å². The minimum Gasteiger partial charge on any atom is -0.489 e. The van der Waals surface area contributed by atoms with E-state index in [1.807, 2.05) is 43.9 Å². The number of quaternary nitrogens is 2. The molecule has 0 aliphatic heterocycles. The lowest BCUT2D eigenvalue weighted by Gasteiger charge is -2.23. The molecule has 0 unspecified atom stereocenters. The summed E-state index contributed by atoms with van der Waals surface area (Å²) in [5.74, 6) is 1.66. The lowest BCUT2D eigenvalue weighted by atomic mass is 10.1. The minimum atomic E-state index is 0. The Morgan fingerprint density at radius 3 is 2.03 bits per heavy atom. The highest BCUT2D eigenvalue weighted by molar-refractivity contribution is 5.70. The third kappa shape index (κ3) is 13.7. The number of pyridine rings is 1. The molecule has 0 radical (unpaired) electrons. The van der Waals surface area contributed by atoms with Gasteiger partial charge in [-0.1, -0.05) is 39.5 Å². The van der Waals surface area contributed by atoms with E-state index >= 15 is 0 Å². The first kappa shape index (κ1) is 30.6. The lowest BCUT2D eigenvalue weighted by Crippen LogP contribution is -3.05. The van der Waals surface area contributed by atoms with Crippen molar-refractivity contribution in [2.45, 2.75) is 34.1 Å². The van der Waals surface area contributed by atoms with E-state index in [4.69, 9.17) is 9.47 Å². The van der Waals surface area contributed by atoms with E-state index in [1.165, 1.54) is 10.5 Å². The second kappa shape index (κ2) is 16.3. The van der Waals surface area contributed by atoms with Crippen LogP contribution in [0.5, 0.6) is 11.5 Å². The van der Waals surface area contributed by atoms with E-state index in [9.17, 15) is 0 Å². The molecule has 5 heteroatoms. The molecule has 2 rings (SSSR count). The van der Waals surface area contributed by atoms with Gasteiger partial charge in [-0.3, -0.25) is 0 Å². The SMILES string of the molecule is C.CC.C[n+]1ccc(/C=C/c2ccc(OCCC[N+](C)(C)C)c(OCCC[NH+](C)C)c2)cc1. The van der Waals surface area contributed by atoms with Crippen LogP contribution < -0.4 is 18.9 Å². The van der Waals surface area contributed by atoms with Gasteiger partial charge in [0.15, 0.2) is 23.9 Å². The van der Waals surface area contributed by atoms with E-state index in [-0.39, 0.29) is 7.43 Å². The van der Waals surface area contributed by atoms with Crippen LogP contribution in [0.4, 0.5) is 0 Å². The molecule has 0 fully saturated rings. The first-order valence-electron chi connectivity index (χ1n) is 11.9. The molecular formula is C28H50N3O2+3. The first-order chi connectivity index (χ1) is 15.2. The van der Waals surface area contributed by atoms with Gasteiger partial charge in [-0.25, -0.2) is 4.57 Å². The Morgan fingerprint density at radius 1 is 0.848 bits per heavy atom. The lowest BCUT2D eigenvalue weighted by molar-refractivity contribution is -0.870. The van der Waals surface area contributed by atoms with Gasteiger partial charge in [0.2, 0.25) is 0 Å². The zero-order valence-electron chi connectivity index (χ0n) is 21.6. The van der Waals surface area contributed by atoms with Crippen LogP contribution >= 0.6 is 0 Å². The molecule has 0 atom stereocenters. The molecule has 0 saturated carbocycles. The number of nitrogens with one attached hydrogen (secondary N) is 1. The summed E-state index contributed by atoms with van der Waals surface area (Å²) < 4.78 is 15.2. The fourth-order valence-electron chi connectivity index (χ4n) is 3.01. The van der Waals surface area contributed by atoms with Crippen LogP contribution in [0.15, 0.2) is 42.7 Å². The Kier molecular flexibility index (Phi) is 15.1. The average Bonchev–Trinajstić information content (AvgIpc) is 2.75. The second-order valence-electron chi connectivity index (χ2n) is 9.21. The van der Waals surface area contributed by atoms with Crippen molar-refractivity contribution in [3.8, 4) is 11.5 Å². The van der Waals surface area contributed by atoms with Gasteiger partial charge in [0.25, 0.3) is 0 Å². The molecule has 0 saturated heterocycles. The fraction of sp³-hybridized carbons (Fsp3) is 0.536. The summed E-state index contributed by atoms with van der Waals surface area (Å²) in [5.41, 5.74) is 2.28. The molecule has 0 aliphatic carbocycles. The largest absolute Gasteiger partial charge is 0.489 e. The number of rotatable bonds is 12. The molecule has 0 bridgehead atoms. The molecular weight excluding hydrogens is 410 g/mol. The van der Waals surface area contributed by atoms with Crippen molar-refractivity contribution in [2.75, 3.05) is 61.5 Å². The maximum atomic E-state index is 6.11. The topological polar surface area (TPSA) is 26.8 Å².